The number of hydrogen-bond donors (Lipinski definition) is 0. The molecule has 0 aliphatic heterocycles. The van der Waals surface area contributed by atoms with Gasteiger partial charge in [-0.1, -0.05) is 87.4 Å². The van der Waals surface area contributed by atoms with E-state index in [2.05, 4.69) is 13.8 Å². The first kappa shape index (κ1) is 27.3. The summed E-state index contributed by atoms with van der Waals surface area (Å²) in [6, 6.07) is 24.7. The lowest BCUT2D eigenvalue weighted by Gasteiger charge is -2.31. The van der Waals surface area contributed by atoms with Gasteiger partial charge in [-0.2, -0.15) is 0 Å². The third-order valence-corrected chi connectivity index (χ3v) is 6.92. The van der Waals surface area contributed by atoms with Gasteiger partial charge in [0.25, 0.3) is 5.56 Å². The molecule has 6 nitrogen and oxygen atoms in total. The second-order valence-electron chi connectivity index (χ2n) is 9.56. The van der Waals surface area contributed by atoms with E-state index in [4.69, 9.17) is 9.72 Å². The molecule has 0 spiro atoms. The molecule has 4 aromatic rings. The second kappa shape index (κ2) is 13.2. The molecule has 1 aromatic heterocycles. The smallest absolute Gasteiger partial charge is 0.266 e. The third kappa shape index (κ3) is 6.20. The molecule has 198 valence electrons. The minimum atomic E-state index is -0.429. The molecule has 6 heteroatoms. The maximum Gasteiger partial charge on any atom is 0.266 e. The number of carbonyl (C=O) groups is 1. The average molecular weight is 512 g/mol. The van der Waals surface area contributed by atoms with Crippen molar-refractivity contribution < 1.29 is 9.53 Å². The summed E-state index contributed by atoms with van der Waals surface area (Å²) in [5.74, 6) is 0.449. The number of ether oxygens (including phenoxy) is 1. The van der Waals surface area contributed by atoms with Gasteiger partial charge < -0.3 is 9.64 Å². The number of aryl methyl sites for hydroxylation is 1. The highest BCUT2D eigenvalue weighted by atomic mass is 16.5. The Morgan fingerprint density at radius 1 is 0.947 bits per heavy atom. The molecule has 0 radical (unpaired) electrons. The van der Waals surface area contributed by atoms with Gasteiger partial charge in [0.2, 0.25) is 5.91 Å². The summed E-state index contributed by atoms with van der Waals surface area (Å²) in [7, 11) is 0. The Labute approximate surface area is 224 Å². The minimum Gasteiger partial charge on any atom is -0.367 e. The largest absolute Gasteiger partial charge is 0.367 e. The Hall–Kier alpha value is -3.77. The van der Waals surface area contributed by atoms with Crippen LogP contribution in [0.5, 0.6) is 0 Å². The maximum absolute atomic E-state index is 13.9. The van der Waals surface area contributed by atoms with E-state index < -0.39 is 6.04 Å². The average Bonchev–Trinajstić information content (AvgIpc) is 2.95. The van der Waals surface area contributed by atoms with Crippen LogP contribution in [0, 0.1) is 0 Å². The summed E-state index contributed by atoms with van der Waals surface area (Å²) < 4.78 is 7.53. The Morgan fingerprint density at radius 2 is 1.66 bits per heavy atom. The van der Waals surface area contributed by atoms with Crippen LogP contribution in [0.15, 0.2) is 83.7 Å². The molecule has 1 amide bonds. The fourth-order valence-electron chi connectivity index (χ4n) is 4.81. The molecular formula is C32H37N3O3. The van der Waals surface area contributed by atoms with Crippen LogP contribution >= 0.6 is 0 Å². The number of carbonyl (C=O) groups excluding carboxylic acids is 1. The highest BCUT2D eigenvalue weighted by Gasteiger charge is 2.27. The van der Waals surface area contributed by atoms with Crippen LogP contribution in [-0.2, 0) is 22.6 Å². The molecule has 0 aliphatic carbocycles. The molecule has 0 N–H and O–H groups in total. The SMILES string of the molecule is CCCCCN(C(=O)COCc1ccccc1)C(C)c1nc2ccccc2c(=O)n1-c1ccccc1CC. The second-order valence-corrected chi connectivity index (χ2v) is 9.56. The van der Waals surface area contributed by atoms with Gasteiger partial charge in [0, 0.05) is 6.54 Å². The summed E-state index contributed by atoms with van der Waals surface area (Å²) in [5, 5.41) is 0.560. The van der Waals surface area contributed by atoms with Crippen molar-refractivity contribution >= 4 is 16.8 Å². The van der Waals surface area contributed by atoms with E-state index in [1.165, 1.54) is 0 Å². The maximum atomic E-state index is 13.9. The number of amides is 1. The zero-order valence-corrected chi connectivity index (χ0v) is 22.6. The highest BCUT2D eigenvalue weighted by Crippen LogP contribution is 2.25. The number of hydrogen-bond acceptors (Lipinski definition) is 4. The van der Waals surface area contributed by atoms with Crippen LogP contribution in [0.1, 0.15) is 63.0 Å². The van der Waals surface area contributed by atoms with E-state index >= 15 is 0 Å². The van der Waals surface area contributed by atoms with Crippen LogP contribution in [0.3, 0.4) is 0 Å². The number of fused-ring (bicyclic) bond motifs is 1. The minimum absolute atomic E-state index is 0.0330. The first-order chi connectivity index (χ1) is 18.5. The molecule has 4 rings (SSSR count). The standard InChI is InChI=1S/C32H37N3O3/c1-4-6-14-21-34(30(36)23-38-22-25-15-8-7-9-16-25)24(3)31-33-28-19-12-11-18-27(28)32(37)35(31)29-20-13-10-17-26(29)5-2/h7-13,15-20,24H,4-6,14,21-23H2,1-3H3. The summed E-state index contributed by atoms with van der Waals surface area (Å²) in [6.45, 7) is 7.08. The quantitative estimate of drug-likeness (QED) is 0.211. The van der Waals surface area contributed by atoms with Gasteiger partial charge in [-0.25, -0.2) is 4.98 Å². The Bertz CT molecular complexity index is 1410. The molecule has 0 saturated heterocycles. The van der Waals surface area contributed by atoms with E-state index in [1.807, 2.05) is 90.7 Å². The predicted octanol–water partition coefficient (Wildman–Crippen LogP) is 6.24. The van der Waals surface area contributed by atoms with Gasteiger partial charge in [-0.05, 0) is 49.1 Å². The van der Waals surface area contributed by atoms with E-state index in [0.29, 0.717) is 29.9 Å². The van der Waals surface area contributed by atoms with Crippen molar-refractivity contribution in [1.82, 2.24) is 14.5 Å². The Kier molecular flexibility index (Phi) is 9.44. The van der Waals surface area contributed by atoms with E-state index in [-0.39, 0.29) is 18.1 Å². The number of aromatic nitrogens is 2. The summed E-state index contributed by atoms with van der Waals surface area (Å²) in [4.78, 5) is 34.2. The van der Waals surface area contributed by atoms with Crippen LogP contribution < -0.4 is 5.56 Å². The van der Waals surface area contributed by atoms with Crippen molar-refractivity contribution in [2.45, 2.75) is 59.1 Å². The van der Waals surface area contributed by atoms with Crippen LogP contribution in [0.2, 0.25) is 0 Å². The van der Waals surface area contributed by atoms with E-state index in [1.54, 1.807) is 4.57 Å². The molecule has 0 aliphatic rings. The fraction of sp³-hybridized carbons (Fsp3) is 0.344. The van der Waals surface area contributed by atoms with E-state index in [9.17, 15) is 9.59 Å². The molecule has 0 saturated carbocycles. The zero-order valence-electron chi connectivity index (χ0n) is 22.6. The van der Waals surface area contributed by atoms with Crippen molar-refractivity contribution in [1.29, 1.82) is 0 Å². The molecule has 1 heterocycles. The van der Waals surface area contributed by atoms with Crippen molar-refractivity contribution in [3.63, 3.8) is 0 Å². The van der Waals surface area contributed by atoms with Crippen LogP contribution in [0.25, 0.3) is 16.6 Å². The molecule has 1 unspecified atom stereocenters. The predicted molar refractivity (Wildman–Crippen MR) is 152 cm³/mol. The number of nitrogens with zero attached hydrogens (tertiary/aromatic N) is 3. The fourth-order valence-corrected chi connectivity index (χ4v) is 4.81. The Morgan fingerprint density at radius 3 is 2.42 bits per heavy atom. The van der Waals surface area contributed by atoms with Gasteiger partial charge in [0.1, 0.15) is 12.4 Å². The number of benzene rings is 3. The summed E-state index contributed by atoms with van der Waals surface area (Å²) in [6.07, 6.45) is 3.70. The van der Waals surface area contributed by atoms with Gasteiger partial charge >= 0.3 is 0 Å². The lowest BCUT2D eigenvalue weighted by molar-refractivity contribution is -0.139. The molecule has 0 fully saturated rings. The lowest BCUT2D eigenvalue weighted by atomic mass is 10.1. The monoisotopic (exact) mass is 511 g/mol. The molecule has 3 aromatic carbocycles. The van der Waals surface area contributed by atoms with E-state index in [0.717, 1.165) is 42.5 Å². The van der Waals surface area contributed by atoms with Crippen molar-refractivity contribution in [3.05, 3.63) is 106 Å². The van der Waals surface area contributed by atoms with Crippen molar-refractivity contribution in [2.24, 2.45) is 0 Å². The highest BCUT2D eigenvalue weighted by molar-refractivity contribution is 5.79. The van der Waals surface area contributed by atoms with Crippen LogP contribution in [-0.4, -0.2) is 33.5 Å². The third-order valence-electron chi connectivity index (χ3n) is 6.92. The Balaban J connectivity index is 1.73. The lowest BCUT2D eigenvalue weighted by Crippen LogP contribution is -2.40. The van der Waals surface area contributed by atoms with Gasteiger partial charge in [0.15, 0.2) is 0 Å². The number of rotatable bonds is 12. The van der Waals surface area contributed by atoms with Gasteiger partial charge in [-0.15, -0.1) is 0 Å². The van der Waals surface area contributed by atoms with Crippen molar-refractivity contribution in [3.8, 4) is 5.69 Å². The van der Waals surface area contributed by atoms with Gasteiger partial charge in [-0.3, -0.25) is 14.2 Å². The molecule has 0 bridgehead atoms. The summed E-state index contributed by atoms with van der Waals surface area (Å²) >= 11 is 0. The molecule has 38 heavy (non-hydrogen) atoms. The topological polar surface area (TPSA) is 64.4 Å². The molecule has 1 atom stereocenters. The van der Waals surface area contributed by atoms with Gasteiger partial charge in [0.05, 0.1) is 29.2 Å². The normalized spacial score (nSPS) is 12.0. The summed E-state index contributed by atoms with van der Waals surface area (Å²) in [5.41, 5.74) is 3.38. The van der Waals surface area contributed by atoms with Crippen molar-refractivity contribution in [2.75, 3.05) is 13.2 Å². The first-order valence-corrected chi connectivity index (χ1v) is 13.6. The van der Waals surface area contributed by atoms with Crippen LogP contribution in [0.4, 0.5) is 0 Å². The number of para-hydroxylation sites is 2. The first-order valence-electron chi connectivity index (χ1n) is 13.6. The number of unbranched alkanes of at least 4 members (excludes halogenated alkanes) is 2. The molecular weight excluding hydrogens is 474 g/mol. The zero-order chi connectivity index (χ0) is 26.9.